The molecule has 4 saturated carbocycles. The molecule has 5 aliphatic carbocycles. The van der Waals surface area contributed by atoms with Crippen molar-refractivity contribution < 1.29 is 38.5 Å². The number of esters is 1. The number of methoxy groups -OCH3 is 1. The van der Waals surface area contributed by atoms with Crippen LogP contribution in [0.25, 0.3) is 10.9 Å². The maximum Gasteiger partial charge on any atom is 0.343 e. The molecule has 3 heterocycles. The molecule has 3 aromatic rings. The number of hydrogen-bond acceptors (Lipinski definition) is 10. The Balaban J connectivity index is 0.886. The molecule has 322 valence electrons. The number of aromatic nitrogens is 1. The fourth-order valence-electron chi connectivity index (χ4n) is 13.1. The zero-order valence-electron chi connectivity index (χ0n) is 35.3. The number of ketones is 2. The highest BCUT2D eigenvalue weighted by Crippen LogP contribution is 2.67. The first-order chi connectivity index (χ1) is 29.3. The van der Waals surface area contributed by atoms with Crippen LogP contribution in [0, 0.1) is 40.3 Å². The molecule has 0 bridgehead atoms. The Bertz CT molecular complexity index is 2460. The number of nitrogens with one attached hydrogen (secondary N) is 1. The molecule has 12 heteroatoms. The Labute approximate surface area is 355 Å². The summed E-state index contributed by atoms with van der Waals surface area (Å²) in [5.41, 5.74) is -0.816. The number of halogens is 1. The largest absolute Gasteiger partial charge is 0.492 e. The molecule has 6 fully saturated rings. The number of piperidine rings is 1. The van der Waals surface area contributed by atoms with Gasteiger partial charge >= 0.3 is 5.97 Å². The van der Waals surface area contributed by atoms with E-state index in [-0.39, 0.29) is 78.2 Å². The number of aliphatic hydroxyl groups excluding tert-OH is 1. The van der Waals surface area contributed by atoms with E-state index in [2.05, 4.69) is 12.2 Å². The summed E-state index contributed by atoms with van der Waals surface area (Å²) >= 11 is 0. The van der Waals surface area contributed by atoms with Crippen LogP contribution in [0.4, 0.5) is 10.1 Å². The van der Waals surface area contributed by atoms with Crippen molar-refractivity contribution in [2.45, 2.75) is 108 Å². The number of carbonyl (C=O) groups is 3. The standard InChI is InChI=1S/C49H56FN3O8/c1-47-16-14-32(54)20-30(47)10-13-33-36-15-17-49(59,48(36,2)22-39(55)41(33)47)40(56)19-27-7-4-5-8-29(27)26-61-46(58)35-24-53(31-11-12-31)42-34(44(35)57)21-37(50)43(45(42)60-3)52-23-28-9-6-18-51-38(28)25-52/h4-5,7-8,14,16,20-21,24,28,31,33,36,38-39,41,51,55,59H,6,9-13,15,17-19,22-23,25-26H2,1-3H3/t28?,33?,36?,38?,39-,41?,47-,48-,49-/m0/s1. The zero-order chi connectivity index (χ0) is 42.6. The molecule has 0 radical (unpaired) electrons. The van der Waals surface area contributed by atoms with Gasteiger partial charge in [-0.05, 0) is 111 Å². The van der Waals surface area contributed by atoms with Crippen LogP contribution in [0.2, 0.25) is 0 Å². The van der Waals surface area contributed by atoms with Crippen molar-refractivity contribution in [1.29, 1.82) is 0 Å². The maximum atomic E-state index is 16.2. The minimum atomic E-state index is -1.68. The van der Waals surface area contributed by atoms with Gasteiger partial charge in [-0.2, -0.15) is 0 Å². The second-order valence-corrected chi connectivity index (χ2v) is 19.6. The highest BCUT2D eigenvalue weighted by Gasteiger charge is 2.68. The van der Waals surface area contributed by atoms with E-state index >= 15 is 4.39 Å². The number of Topliss-reactive ketones (excluding diaryl/α,β-unsaturated/α-hetero) is 1. The summed E-state index contributed by atoms with van der Waals surface area (Å²) in [6, 6.07) is 8.64. The molecule has 0 amide bonds. The Morgan fingerprint density at radius 3 is 2.59 bits per heavy atom. The summed E-state index contributed by atoms with van der Waals surface area (Å²) < 4.78 is 29.8. The number of rotatable bonds is 9. The molecular weight excluding hydrogens is 778 g/mol. The van der Waals surface area contributed by atoms with Crippen LogP contribution < -0.4 is 20.4 Å². The molecule has 61 heavy (non-hydrogen) atoms. The van der Waals surface area contributed by atoms with Gasteiger partial charge in [0.1, 0.15) is 23.5 Å². The molecule has 7 aliphatic rings. The van der Waals surface area contributed by atoms with Gasteiger partial charge in [-0.3, -0.25) is 14.4 Å². The van der Waals surface area contributed by atoms with Crippen LogP contribution in [0.1, 0.15) is 99.2 Å². The van der Waals surface area contributed by atoms with Crippen molar-refractivity contribution in [3.05, 3.63) is 93.1 Å². The fraction of sp³-hybridized carbons (Fsp3) is 0.551. The molecule has 2 aliphatic heterocycles. The number of hydrogen-bond donors (Lipinski definition) is 3. The number of aliphatic hydroxyl groups is 2. The Morgan fingerprint density at radius 2 is 1.84 bits per heavy atom. The first-order valence-corrected chi connectivity index (χ1v) is 22.3. The second-order valence-electron chi connectivity index (χ2n) is 19.6. The monoisotopic (exact) mass is 833 g/mol. The third-order valence-corrected chi connectivity index (χ3v) is 16.4. The minimum Gasteiger partial charge on any atom is -0.492 e. The summed E-state index contributed by atoms with van der Waals surface area (Å²) in [4.78, 5) is 56.7. The summed E-state index contributed by atoms with van der Waals surface area (Å²) in [7, 11) is 1.49. The first-order valence-electron chi connectivity index (χ1n) is 22.3. The smallest absolute Gasteiger partial charge is 0.343 e. The summed E-state index contributed by atoms with van der Waals surface area (Å²) in [6.45, 7) is 6.10. The number of carbonyl (C=O) groups excluding carboxylic acids is 3. The molecule has 2 aromatic carbocycles. The van der Waals surface area contributed by atoms with Gasteiger partial charge in [0.15, 0.2) is 23.1 Å². The SMILES string of the molecule is COc1c(N2CC3CCCNC3C2)c(F)cc2c(=O)c(C(=O)OCc3ccccc3CC(=O)[C@@]3(O)CCC4C5CCC6=CC(=O)C=C[C@]6(C)C5[C@@H](O)C[C@@]43C)cn(C3CC3)c12. The number of ether oxygens (including phenoxy) is 2. The molecule has 10 rings (SSSR count). The van der Waals surface area contributed by atoms with E-state index in [9.17, 15) is 29.4 Å². The van der Waals surface area contributed by atoms with E-state index in [1.807, 2.05) is 22.5 Å². The predicted molar refractivity (Wildman–Crippen MR) is 227 cm³/mol. The molecule has 0 spiro atoms. The number of benzene rings is 2. The highest BCUT2D eigenvalue weighted by molar-refractivity contribution is 6.01. The summed E-state index contributed by atoms with van der Waals surface area (Å²) in [6.07, 6.45) is 12.5. The lowest BCUT2D eigenvalue weighted by molar-refractivity contribution is -0.176. The van der Waals surface area contributed by atoms with Gasteiger partial charge in [-0.25, -0.2) is 9.18 Å². The lowest BCUT2D eigenvalue weighted by Crippen LogP contribution is -2.61. The van der Waals surface area contributed by atoms with Gasteiger partial charge in [0, 0.05) is 54.5 Å². The maximum absolute atomic E-state index is 16.2. The summed E-state index contributed by atoms with van der Waals surface area (Å²) in [5, 5.41) is 27.9. The molecule has 9 atom stereocenters. The van der Waals surface area contributed by atoms with Crippen LogP contribution in [-0.2, 0) is 27.4 Å². The number of anilines is 1. The molecule has 5 unspecified atom stereocenters. The van der Waals surface area contributed by atoms with E-state index in [0.29, 0.717) is 53.5 Å². The number of pyridine rings is 1. The lowest BCUT2D eigenvalue weighted by atomic mass is 9.46. The van der Waals surface area contributed by atoms with Crippen LogP contribution >= 0.6 is 0 Å². The van der Waals surface area contributed by atoms with E-state index in [4.69, 9.17) is 9.47 Å². The van der Waals surface area contributed by atoms with E-state index in [1.165, 1.54) is 19.4 Å². The Hall–Kier alpha value is -4.65. The van der Waals surface area contributed by atoms with Crippen LogP contribution in [-0.4, -0.2) is 76.8 Å². The van der Waals surface area contributed by atoms with Crippen LogP contribution in [0.15, 0.2) is 65.1 Å². The number of fused-ring (bicyclic) bond motifs is 7. The van der Waals surface area contributed by atoms with Gasteiger partial charge in [-0.1, -0.05) is 49.8 Å². The minimum absolute atomic E-state index is 0.0129. The topological polar surface area (TPSA) is 147 Å². The Morgan fingerprint density at radius 1 is 1.05 bits per heavy atom. The van der Waals surface area contributed by atoms with Crippen molar-refractivity contribution in [2.24, 2.45) is 34.5 Å². The van der Waals surface area contributed by atoms with Crippen molar-refractivity contribution in [1.82, 2.24) is 9.88 Å². The second kappa shape index (κ2) is 14.7. The quantitative estimate of drug-likeness (QED) is 0.215. The molecular formula is C49H56FN3O8. The van der Waals surface area contributed by atoms with Gasteiger partial charge < -0.3 is 34.5 Å². The normalized spacial score (nSPS) is 34.0. The molecule has 11 nitrogen and oxygen atoms in total. The van der Waals surface area contributed by atoms with E-state index in [0.717, 1.165) is 50.6 Å². The highest BCUT2D eigenvalue weighted by atomic mass is 19.1. The average molecular weight is 834 g/mol. The van der Waals surface area contributed by atoms with Gasteiger partial charge in [0.2, 0.25) is 5.43 Å². The van der Waals surface area contributed by atoms with Gasteiger partial charge in [0.25, 0.3) is 0 Å². The zero-order valence-corrected chi connectivity index (χ0v) is 35.3. The van der Waals surface area contributed by atoms with Crippen molar-refractivity contribution >= 4 is 34.1 Å². The number of allylic oxidation sites excluding steroid dienone is 4. The molecule has 2 saturated heterocycles. The third-order valence-electron chi connectivity index (χ3n) is 16.4. The number of nitrogens with zero attached hydrogens (tertiary/aromatic N) is 2. The first kappa shape index (κ1) is 40.4. The van der Waals surface area contributed by atoms with E-state index in [1.54, 1.807) is 36.4 Å². The van der Waals surface area contributed by atoms with Crippen molar-refractivity contribution in [3.8, 4) is 5.75 Å². The van der Waals surface area contributed by atoms with Crippen LogP contribution in [0.5, 0.6) is 5.75 Å². The van der Waals surface area contributed by atoms with E-state index < -0.39 is 39.8 Å². The summed E-state index contributed by atoms with van der Waals surface area (Å²) in [5.74, 6) is -1.12. The van der Waals surface area contributed by atoms with Gasteiger partial charge in [0.05, 0.1) is 24.1 Å². The molecule has 3 N–H and O–H groups in total. The predicted octanol–water partition coefficient (Wildman–Crippen LogP) is 6.15. The van der Waals surface area contributed by atoms with Crippen LogP contribution in [0.3, 0.4) is 0 Å². The van der Waals surface area contributed by atoms with Crippen molar-refractivity contribution in [2.75, 3.05) is 31.6 Å². The Kier molecular flexibility index (Phi) is 9.76. The molecule has 1 aromatic heterocycles. The average Bonchev–Trinajstić information content (AvgIpc) is 3.93. The fourth-order valence-corrected chi connectivity index (χ4v) is 13.1. The lowest BCUT2D eigenvalue weighted by Gasteiger charge is -2.59. The van der Waals surface area contributed by atoms with Gasteiger partial charge in [-0.15, -0.1) is 0 Å². The third kappa shape index (κ3) is 6.28. The van der Waals surface area contributed by atoms with Crippen molar-refractivity contribution in [3.63, 3.8) is 0 Å².